The van der Waals surface area contributed by atoms with Gasteiger partial charge in [0.2, 0.25) is 0 Å². The van der Waals surface area contributed by atoms with Crippen molar-refractivity contribution in [3.05, 3.63) is 22.2 Å². The van der Waals surface area contributed by atoms with Crippen LogP contribution in [0.15, 0.2) is 5.80 Å². The molecule has 0 spiro atoms. The van der Waals surface area contributed by atoms with Crippen molar-refractivity contribution in [2.75, 3.05) is 0 Å². The zero-order valence-corrected chi connectivity index (χ0v) is 13.9. The fraction of sp³-hybridized carbons (Fsp3) is 0.692. The van der Waals surface area contributed by atoms with Crippen molar-refractivity contribution in [1.29, 1.82) is 0 Å². The van der Waals surface area contributed by atoms with Crippen LogP contribution in [0.4, 0.5) is 0 Å². The van der Waals surface area contributed by atoms with Crippen molar-refractivity contribution in [1.82, 2.24) is 4.98 Å². The lowest BCUT2D eigenvalue weighted by molar-refractivity contribution is 0.517. The van der Waals surface area contributed by atoms with Gasteiger partial charge >= 0.3 is 0 Å². The Morgan fingerprint density at radius 3 is 1.94 bits per heavy atom. The average molecular weight is 255 g/mol. The maximum absolute atomic E-state index is 3.90. The molecule has 16 heavy (non-hydrogen) atoms. The summed E-state index contributed by atoms with van der Waals surface area (Å²) in [5.74, 6) is 2.53. The van der Waals surface area contributed by atoms with E-state index in [-0.39, 0.29) is 12.6 Å². The first-order valence-electron chi connectivity index (χ1n) is 5.99. The molecule has 3 heteroatoms. The van der Waals surface area contributed by atoms with E-state index in [1.165, 1.54) is 11.1 Å². The Bertz CT molecular complexity index is 385. The van der Waals surface area contributed by atoms with Gasteiger partial charge in [0.15, 0.2) is 7.90 Å². The molecule has 1 unspecified atom stereocenters. The molecule has 1 heterocycles. The smallest absolute Gasteiger partial charge is 0.172 e. The molecule has 0 aliphatic heterocycles. The first-order valence-corrected chi connectivity index (χ1v) is 11.2. The van der Waals surface area contributed by atoms with E-state index in [0.29, 0.717) is 0 Å². The second kappa shape index (κ2) is 4.32. The molecule has 1 N–H and O–H groups in total. The molecule has 0 aliphatic carbocycles. The van der Waals surface area contributed by atoms with E-state index in [0.717, 1.165) is 0 Å². The number of nitrogens with one attached hydrogen (secondary N) is 1. The summed E-state index contributed by atoms with van der Waals surface area (Å²) in [6.07, 6.45) is 0. The van der Waals surface area contributed by atoms with Gasteiger partial charge in [0.25, 0.3) is 0 Å². The highest BCUT2D eigenvalue weighted by molar-refractivity contribution is 7.88. The topological polar surface area (TPSA) is 12.0 Å². The Morgan fingerprint density at radius 2 is 1.62 bits per heavy atom. The van der Waals surface area contributed by atoms with Gasteiger partial charge < -0.3 is 4.98 Å². The lowest BCUT2D eigenvalue weighted by Crippen LogP contribution is -2.51. The quantitative estimate of drug-likeness (QED) is 0.765. The van der Waals surface area contributed by atoms with E-state index in [9.17, 15) is 0 Å². The van der Waals surface area contributed by atoms with Gasteiger partial charge in [-0.25, -0.2) is 0 Å². The molecule has 1 nitrogen and oxygen atoms in total. The van der Waals surface area contributed by atoms with E-state index in [1.807, 2.05) is 0 Å². The average Bonchev–Trinajstić information content (AvgIpc) is 2.29. The van der Waals surface area contributed by atoms with Gasteiger partial charge in [-0.15, -0.1) is 7.08 Å². The number of hydrogen-bond donors (Lipinski definition) is 1. The molecule has 0 aliphatic rings. The van der Waals surface area contributed by atoms with Crippen LogP contribution in [-0.2, 0) is 0 Å². The minimum absolute atomic E-state index is 0.0473. The molecule has 1 aromatic heterocycles. The highest BCUT2D eigenvalue weighted by Crippen LogP contribution is 2.45. The zero-order chi connectivity index (χ0) is 12.7. The van der Waals surface area contributed by atoms with Crippen LogP contribution in [0.3, 0.4) is 0 Å². The van der Waals surface area contributed by atoms with Crippen LogP contribution in [-0.4, -0.2) is 13.4 Å². The Hall–Kier alpha value is -0.0431. The lowest BCUT2D eigenvalue weighted by atomic mass is 10.1. The molecule has 1 aromatic rings. The van der Waals surface area contributed by atoms with Crippen LogP contribution in [0.1, 0.15) is 37.2 Å². The van der Waals surface area contributed by atoms with Gasteiger partial charge in [0.05, 0.1) is 0 Å². The van der Waals surface area contributed by atoms with Crippen LogP contribution in [0, 0.1) is 20.8 Å². The molecule has 0 saturated carbocycles. The van der Waals surface area contributed by atoms with Gasteiger partial charge in [0.1, 0.15) is 0 Å². The molecule has 0 saturated heterocycles. The minimum Gasteiger partial charge on any atom is -0.326 e. The van der Waals surface area contributed by atoms with Crippen molar-refractivity contribution < 1.29 is 0 Å². The molecule has 0 aromatic carbocycles. The van der Waals surface area contributed by atoms with Gasteiger partial charge in [0, 0.05) is 5.54 Å². The van der Waals surface area contributed by atoms with E-state index >= 15 is 0 Å². The fourth-order valence-corrected chi connectivity index (χ4v) is 12.8. The summed E-state index contributed by atoms with van der Waals surface area (Å²) in [7, 11) is -1.42. The molecule has 0 fully saturated rings. The van der Waals surface area contributed by atoms with Crippen LogP contribution in [0.2, 0.25) is 13.1 Å². The number of aryl methyl sites for hydroxylation is 1. The standard InChI is InChI=1S/C13H26NPSi/c1-10-9-15(12(3)11(10)2)16(7,8)14-13(4,5)6/h9,14H,1-8H3. The third-order valence-corrected chi connectivity index (χ3v) is 12.7. The summed E-state index contributed by atoms with van der Waals surface area (Å²) < 4.78 is 0. The first-order chi connectivity index (χ1) is 7.04. The fourth-order valence-electron chi connectivity index (χ4n) is 2.41. The molecule has 0 bridgehead atoms. The zero-order valence-electron chi connectivity index (χ0n) is 12.0. The summed E-state index contributed by atoms with van der Waals surface area (Å²) in [5, 5.41) is 1.64. The molecular weight excluding hydrogens is 229 g/mol. The van der Waals surface area contributed by atoms with Gasteiger partial charge in [-0.05, 0) is 76.9 Å². The molecule has 0 amide bonds. The van der Waals surface area contributed by atoms with Crippen molar-refractivity contribution in [2.24, 2.45) is 0 Å². The predicted octanol–water partition coefficient (Wildman–Crippen LogP) is 4.54. The number of rotatable bonds is 2. The maximum atomic E-state index is 3.90. The third-order valence-electron chi connectivity index (χ3n) is 3.10. The Balaban J connectivity index is 3.12. The summed E-state index contributed by atoms with van der Waals surface area (Å²) in [6, 6.07) is 0. The molecule has 1 rings (SSSR count). The second-order valence-electron chi connectivity index (χ2n) is 6.33. The summed E-state index contributed by atoms with van der Waals surface area (Å²) in [5.41, 5.74) is 3.26. The van der Waals surface area contributed by atoms with Crippen LogP contribution in [0.25, 0.3) is 0 Å². The van der Waals surface area contributed by atoms with Crippen molar-refractivity contribution in [3.8, 4) is 0 Å². The van der Waals surface area contributed by atoms with Gasteiger partial charge in [-0.2, -0.15) is 0 Å². The first kappa shape index (κ1) is 14.0. The Morgan fingerprint density at radius 1 is 1.12 bits per heavy atom. The normalized spacial score (nSPS) is 14.4. The van der Waals surface area contributed by atoms with Crippen molar-refractivity contribution >= 4 is 15.0 Å². The van der Waals surface area contributed by atoms with Crippen molar-refractivity contribution in [2.45, 2.75) is 60.2 Å². The lowest BCUT2D eigenvalue weighted by Gasteiger charge is -2.34. The van der Waals surface area contributed by atoms with Gasteiger partial charge in [-0.1, -0.05) is 0 Å². The van der Waals surface area contributed by atoms with Crippen LogP contribution in [0.5, 0.6) is 0 Å². The maximum Gasteiger partial charge on any atom is 0.172 e. The SMILES string of the molecule is Cc1cp([Si](C)(C)NC(C)(C)C)c(C)c1C. The Labute approximate surface area is 103 Å². The summed E-state index contributed by atoms with van der Waals surface area (Å²) >= 11 is 0. The summed E-state index contributed by atoms with van der Waals surface area (Å²) in [6.45, 7) is 18.6. The van der Waals surface area contributed by atoms with E-state index in [2.05, 4.69) is 65.4 Å². The van der Waals surface area contributed by atoms with E-state index in [4.69, 9.17) is 0 Å². The Kier molecular flexibility index (Phi) is 3.79. The van der Waals surface area contributed by atoms with Crippen LogP contribution >= 0.6 is 7.08 Å². The number of hydrogen-bond acceptors (Lipinski definition) is 1. The molecular formula is C13H26NPSi. The largest absolute Gasteiger partial charge is 0.326 e. The molecule has 1 atom stereocenters. The second-order valence-corrected chi connectivity index (χ2v) is 16.2. The van der Waals surface area contributed by atoms with Crippen LogP contribution < -0.4 is 4.98 Å². The van der Waals surface area contributed by atoms with E-state index in [1.54, 1.807) is 5.30 Å². The van der Waals surface area contributed by atoms with E-state index < -0.39 is 7.90 Å². The predicted molar refractivity (Wildman–Crippen MR) is 79.1 cm³/mol. The summed E-state index contributed by atoms with van der Waals surface area (Å²) in [4.78, 5) is 3.90. The van der Waals surface area contributed by atoms with Gasteiger partial charge in [-0.3, -0.25) is 0 Å². The molecule has 92 valence electrons. The van der Waals surface area contributed by atoms with Crippen molar-refractivity contribution in [3.63, 3.8) is 0 Å². The third kappa shape index (κ3) is 3.00. The highest BCUT2D eigenvalue weighted by atomic mass is 31.4. The molecule has 0 radical (unpaired) electrons. The monoisotopic (exact) mass is 255 g/mol. The minimum atomic E-state index is -1.37. The highest BCUT2D eigenvalue weighted by Gasteiger charge is 2.30.